The molecule has 3 aromatic carbocycles. The lowest BCUT2D eigenvalue weighted by Gasteiger charge is -2.09. The second-order valence-corrected chi connectivity index (χ2v) is 9.90. The van der Waals surface area contributed by atoms with E-state index in [9.17, 15) is 4.39 Å². The van der Waals surface area contributed by atoms with Crippen LogP contribution in [-0.2, 0) is 6.54 Å². The van der Waals surface area contributed by atoms with Crippen molar-refractivity contribution in [1.82, 2.24) is 25.5 Å². The summed E-state index contributed by atoms with van der Waals surface area (Å²) >= 11 is 0. The van der Waals surface area contributed by atoms with Gasteiger partial charge in [-0.3, -0.25) is 10.1 Å². The average Bonchev–Trinajstić information content (AvgIpc) is 3.64. The number of fused-ring (bicyclic) bond motifs is 2. The molecule has 0 aliphatic rings. The molecule has 0 atom stereocenters. The van der Waals surface area contributed by atoms with Crippen LogP contribution in [-0.4, -0.2) is 26.7 Å². The number of H-pyrrole nitrogens is 2. The van der Waals surface area contributed by atoms with Gasteiger partial charge >= 0.3 is 0 Å². The van der Waals surface area contributed by atoms with Crippen LogP contribution in [0.3, 0.4) is 0 Å². The minimum atomic E-state index is -0.270. The van der Waals surface area contributed by atoms with Crippen molar-refractivity contribution in [3.63, 3.8) is 0 Å². The van der Waals surface area contributed by atoms with Gasteiger partial charge in [0.05, 0.1) is 16.9 Å². The van der Waals surface area contributed by atoms with E-state index in [1.54, 1.807) is 18.3 Å². The summed E-state index contributed by atoms with van der Waals surface area (Å²) in [5, 5.41) is 13.3. The van der Waals surface area contributed by atoms with Gasteiger partial charge in [0, 0.05) is 41.1 Å². The van der Waals surface area contributed by atoms with E-state index in [4.69, 9.17) is 0 Å². The van der Waals surface area contributed by atoms with E-state index in [-0.39, 0.29) is 5.82 Å². The largest absolute Gasteiger partial charge is 0.353 e. The first-order valence-electron chi connectivity index (χ1n) is 13.6. The molecule has 0 radical (unpaired) electrons. The topological polar surface area (TPSA) is 69.4 Å². The molecule has 202 valence electrons. The Balaban J connectivity index is 1.30. The van der Waals surface area contributed by atoms with Crippen LogP contribution < -0.4 is 5.32 Å². The predicted octanol–water partition coefficient (Wildman–Crippen LogP) is 8.22. The third kappa shape index (κ3) is 5.51. The van der Waals surface area contributed by atoms with Crippen LogP contribution in [0, 0.1) is 5.82 Å². The first kappa shape index (κ1) is 26.2. The van der Waals surface area contributed by atoms with Crippen LogP contribution in [0.5, 0.6) is 0 Å². The Kier molecular flexibility index (Phi) is 7.39. The van der Waals surface area contributed by atoms with Crippen molar-refractivity contribution < 1.29 is 4.39 Å². The normalized spacial score (nSPS) is 12.3. The predicted molar refractivity (Wildman–Crippen MR) is 167 cm³/mol. The summed E-state index contributed by atoms with van der Waals surface area (Å²) in [6.45, 7) is 7.60. The Labute approximate surface area is 238 Å². The molecule has 3 aromatic heterocycles. The summed E-state index contributed by atoms with van der Waals surface area (Å²) in [6, 6.07) is 27.1. The smallest absolute Gasteiger partial charge is 0.123 e. The molecule has 0 bridgehead atoms. The first-order valence-corrected chi connectivity index (χ1v) is 13.6. The number of aromatic nitrogens is 4. The van der Waals surface area contributed by atoms with Gasteiger partial charge in [-0.05, 0) is 77.7 Å². The molecular weight excluding hydrogens is 509 g/mol. The van der Waals surface area contributed by atoms with Gasteiger partial charge in [0.15, 0.2) is 0 Å². The van der Waals surface area contributed by atoms with Crippen LogP contribution in [0.4, 0.5) is 4.39 Å². The maximum absolute atomic E-state index is 13.5. The van der Waals surface area contributed by atoms with Crippen molar-refractivity contribution in [2.75, 3.05) is 6.54 Å². The third-order valence-corrected chi connectivity index (χ3v) is 7.23. The van der Waals surface area contributed by atoms with Crippen molar-refractivity contribution in [1.29, 1.82) is 0 Å². The zero-order valence-electron chi connectivity index (χ0n) is 22.8. The van der Waals surface area contributed by atoms with Crippen LogP contribution in [0.15, 0.2) is 122 Å². The zero-order chi connectivity index (χ0) is 28.2. The van der Waals surface area contributed by atoms with Crippen molar-refractivity contribution >= 4 is 27.4 Å². The highest BCUT2D eigenvalue weighted by Crippen LogP contribution is 2.34. The molecule has 6 rings (SSSR count). The number of rotatable bonds is 9. The van der Waals surface area contributed by atoms with E-state index in [1.807, 2.05) is 25.1 Å². The summed E-state index contributed by atoms with van der Waals surface area (Å²) < 4.78 is 13.5. The van der Waals surface area contributed by atoms with Crippen LogP contribution >= 0.6 is 0 Å². The highest BCUT2D eigenvalue weighted by Gasteiger charge is 2.15. The van der Waals surface area contributed by atoms with Gasteiger partial charge in [-0.2, -0.15) is 5.10 Å². The maximum Gasteiger partial charge on any atom is 0.123 e. The van der Waals surface area contributed by atoms with Crippen molar-refractivity contribution in [3.05, 3.63) is 138 Å². The molecule has 0 saturated carbocycles. The lowest BCUT2D eigenvalue weighted by Crippen LogP contribution is -2.15. The molecule has 0 saturated heterocycles. The summed E-state index contributed by atoms with van der Waals surface area (Å²) in [5.41, 5.74) is 9.82. The summed E-state index contributed by atoms with van der Waals surface area (Å²) in [6.07, 6.45) is 7.96. The molecule has 41 heavy (non-hydrogen) atoms. The SMILES string of the molecule is C=C/C(=C\C(=C/C)c1ccc2[nH]nc(-c3cc4c(-c5ccc(F)cc5)nccc4[nH]3)c2c1)CNCc1ccccc1. The molecule has 0 aliphatic carbocycles. The second kappa shape index (κ2) is 11.6. The van der Waals surface area contributed by atoms with Gasteiger partial charge in [-0.15, -0.1) is 0 Å². The van der Waals surface area contributed by atoms with E-state index < -0.39 is 0 Å². The quantitative estimate of drug-likeness (QED) is 0.162. The number of hydrogen-bond donors (Lipinski definition) is 3. The molecule has 0 spiro atoms. The number of halogens is 1. The number of benzene rings is 3. The van der Waals surface area contributed by atoms with Crippen LogP contribution in [0.1, 0.15) is 18.1 Å². The number of aromatic amines is 2. The minimum absolute atomic E-state index is 0.270. The van der Waals surface area contributed by atoms with E-state index >= 15 is 0 Å². The van der Waals surface area contributed by atoms with E-state index in [0.717, 1.165) is 67.7 Å². The minimum Gasteiger partial charge on any atom is -0.353 e. The fourth-order valence-corrected chi connectivity index (χ4v) is 5.08. The van der Waals surface area contributed by atoms with Gasteiger partial charge in [0.25, 0.3) is 0 Å². The summed E-state index contributed by atoms with van der Waals surface area (Å²) in [5.74, 6) is -0.270. The fraction of sp³-hybridized carbons (Fsp3) is 0.0857. The number of pyridine rings is 1. The highest BCUT2D eigenvalue weighted by molar-refractivity contribution is 6.00. The number of allylic oxidation sites excluding steroid dienone is 3. The van der Waals surface area contributed by atoms with Crippen LogP contribution in [0.25, 0.3) is 50.0 Å². The van der Waals surface area contributed by atoms with Gasteiger partial charge < -0.3 is 10.3 Å². The second-order valence-electron chi connectivity index (χ2n) is 9.90. The van der Waals surface area contributed by atoms with Crippen molar-refractivity contribution in [3.8, 4) is 22.6 Å². The standard InChI is InChI=1S/C35H30FN5/c1-3-23(21-37-22-24-8-6-5-7-9-24)18-25(4-2)27-12-15-32-29(19-27)35(41-40-32)33-20-30-31(39-33)16-17-38-34(30)26-10-13-28(36)14-11-26/h3-20,37,39H,1,21-22H2,2H3,(H,40,41)/b23-18+,25-4+. The molecule has 6 aromatic rings. The number of hydrogen-bond acceptors (Lipinski definition) is 3. The fourth-order valence-electron chi connectivity index (χ4n) is 5.08. The molecule has 3 N–H and O–H groups in total. The molecule has 3 heterocycles. The average molecular weight is 540 g/mol. The van der Waals surface area contributed by atoms with Gasteiger partial charge in [-0.25, -0.2) is 4.39 Å². The Hall–Kier alpha value is -5.07. The molecule has 0 aliphatic heterocycles. The molecule has 0 amide bonds. The third-order valence-electron chi connectivity index (χ3n) is 7.23. The van der Waals surface area contributed by atoms with E-state index in [0.29, 0.717) is 6.54 Å². The van der Waals surface area contributed by atoms with Gasteiger partial charge in [0.2, 0.25) is 0 Å². The van der Waals surface area contributed by atoms with Crippen molar-refractivity contribution in [2.24, 2.45) is 0 Å². The lowest BCUT2D eigenvalue weighted by atomic mass is 10.00. The Morgan fingerprint density at radius 2 is 1.73 bits per heavy atom. The Morgan fingerprint density at radius 3 is 2.51 bits per heavy atom. The summed E-state index contributed by atoms with van der Waals surface area (Å²) in [4.78, 5) is 8.10. The number of nitrogens with zero attached hydrogens (tertiary/aromatic N) is 2. The zero-order valence-corrected chi connectivity index (χ0v) is 22.8. The summed E-state index contributed by atoms with van der Waals surface area (Å²) in [7, 11) is 0. The van der Waals surface area contributed by atoms with E-state index in [2.05, 4.69) is 92.7 Å². The monoisotopic (exact) mass is 539 g/mol. The molecule has 6 heteroatoms. The van der Waals surface area contributed by atoms with E-state index in [1.165, 1.54) is 17.7 Å². The molecule has 0 fully saturated rings. The first-order chi connectivity index (χ1) is 20.1. The Morgan fingerprint density at radius 1 is 0.927 bits per heavy atom. The lowest BCUT2D eigenvalue weighted by molar-refractivity contribution is 0.628. The van der Waals surface area contributed by atoms with Gasteiger partial charge in [0.1, 0.15) is 11.5 Å². The Bertz CT molecular complexity index is 1890. The molecular formula is C35H30FN5. The number of nitrogens with one attached hydrogen (secondary N) is 3. The van der Waals surface area contributed by atoms with Gasteiger partial charge in [-0.1, -0.05) is 61.2 Å². The highest BCUT2D eigenvalue weighted by atomic mass is 19.1. The molecule has 0 unspecified atom stereocenters. The van der Waals surface area contributed by atoms with Crippen molar-refractivity contribution in [2.45, 2.75) is 13.5 Å². The molecule has 5 nitrogen and oxygen atoms in total. The maximum atomic E-state index is 13.5. The van der Waals surface area contributed by atoms with Crippen LogP contribution in [0.2, 0.25) is 0 Å².